The van der Waals surface area contributed by atoms with E-state index in [0.717, 1.165) is 6.07 Å². The van der Waals surface area contributed by atoms with Crippen LogP contribution in [0.2, 0.25) is 0 Å². The molecule has 1 rings (SSSR count). The van der Waals surface area contributed by atoms with Crippen molar-refractivity contribution < 1.29 is 13.2 Å². The van der Waals surface area contributed by atoms with E-state index >= 15 is 0 Å². The highest BCUT2D eigenvalue weighted by Crippen LogP contribution is 2.37. The van der Waals surface area contributed by atoms with E-state index in [1.54, 1.807) is 0 Å². The van der Waals surface area contributed by atoms with Crippen LogP contribution in [0.1, 0.15) is 11.1 Å². The van der Waals surface area contributed by atoms with Crippen LogP contribution in [-0.2, 0) is 12.6 Å². The Morgan fingerprint density at radius 3 is 2.27 bits per heavy atom. The Labute approximate surface area is 101 Å². The van der Waals surface area contributed by atoms with E-state index in [1.807, 2.05) is 6.07 Å². The van der Waals surface area contributed by atoms with E-state index in [9.17, 15) is 13.2 Å². The van der Waals surface area contributed by atoms with Crippen molar-refractivity contribution in [3.63, 3.8) is 0 Å². The summed E-state index contributed by atoms with van der Waals surface area (Å²) >= 11 is 5.84. The molecule has 0 aliphatic rings. The molecule has 1 aromatic rings. The third-order valence-electron chi connectivity index (χ3n) is 1.71. The number of nitrogens with zero attached hydrogens (tertiary/aromatic N) is 1. The Morgan fingerprint density at radius 1 is 1.20 bits per heavy atom. The molecule has 0 N–H and O–H groups in total. The molecule has 1 nitrogen and oxygen atoms in total. The van der Waals surface area contributed by atoms with Gasteiger partial charge in [0.25, 0.3) is 0 Å². The highest BCUT2D eigenvalue weighted by atomic mass is 79.9. The van der Waals surface area contributed by atoms with Gasteiger partial charge < -0.3 is 0 Å². The Kier molecular flexibility index (Phi) is 3.79. The van der Waals surface area contributed by atoms with E-state index in [0.29, 0.717) is 10.0 Å². The monoisotopic (exact) mass is 341 g/mol. The molecule has 0 atom stereocenters. The molecule has 0 aliphatic carbocycles. The van der Waals surface area contributed by atoms with Gasteiger partial charge in [0.2, 0.25) is 0 Å². The zero-order valence-electron chi connectivity index (χ0n) is 7.20. The maximum absolute atomic E-state index is 12.4. The average molecular weight is 343 g/mol. The molecule has 0 amide bonds. The normalized spacial score (nSPS) is 11.2. The number of nitriles is 1. The molecule has 0 aromatic heterocycles. The first-order valence-electron chi connectivity index (χ1n) is 3.78. The maximum atomic E-state index is 12.4. The molecule has 15 heavy (non-hydrogen) atoms. The summed E-state index contributed by atoms with van der Waals surface area (Å²) in [5.74, 6) is 0. The second-order valence-electron chi connectivity index (χ2n) is 2.76. The summed E-state index contributed by atoms with van der Waals surface area (Å²) in [6.07, 6.45) is -4.33. The van der Waals surface area contributed by atoms with Crippen molar-refractivity contribution in [1.29, 1.82) is 5.26 Å². The highest BCUT2D eigenvalue weighted by Gasteiger charge is 2.33. The van der Waals surface area contributed by atoms with Gasteiger partial charge in [-0.15, -0.1) is 0 Å². The van der Waals surface area contributed by atoms with Gasteiger partial charge in [0.15, 0.2) is 0 Å². The standard InChI is InChI=1S/C9H4Br2F3N/c10-7-4-6(9(12,13)14)8(11)3-5(7)1-2-15/h3-4H,1H2. The Hall–Kier alpha value is -0.540. The Balaban J connectivity index is 3.27. The lowest BCUT2D eigenvalue weighted by atomic mass is 10.1. The van der Waals surface area contributed by atoms with Crippen LogP contribution in [0, 0.1) is 11.3 Å². The number of rotatable bonds is 1. The van der Waals surface area contributed by atoms with Crippen LogP contribution in [0.5, 0.6) is 0 Å². The second kappa shape index (κ2) is 4.54. The van der Waals surface area contributed by atoms with Crippen molar-refractivity contribution in [1.82, 2.24) is 0 Å². The fourth-order valence-corrected chi connectivity index (χ4v) is 2.13. The van der Waals surface area contributed by atoms with E-state index < -0.39 is 11.7 Å². The number of halogens is 5. The van der Waals surface area contributed by atoms with Gasteiger partial charge in [-0.1, -0.05) is 31.9 Å². The van der Waals surface area contributed by atoms with Crippen molar-refractivity contribution >= 4 is 31.9 Å². The SMILES string of the molecule is N#CCc1cc(Br)c(C(F)(F)F)cc1Br. The van der Waals surface area contributed by atoms with E-state index in [2.05, 4.69) is 31.9 Å². The van der Waals surface area contributed by atoms with E-state index in [-0.39, 0.29) is 10.9 Å². The van der Waals surface area contributed by atoms with Gasteiger partial charge in [0, 0.05) is 8.95 Å². The number of alkyl halides is 3. The zero-order chi connectivity index (χ0) is 11.6. The highest BCUT2D eigenvalue weighted by molar-refractivity contribution is 9.11. The molecule has 6 heteroatoms. The Bertz CT molecular complexity index is 421. The van der Waals surface area contributed by atoms with E-state index in [1.165, 1.54) is 6.07 Å². The lowest BCUT2D eigenvalue weighted by Gasteiger charge is -2.11. The lowest BCUT2D eigenvalue weighted by Crippen LogP contribution is -2.06. The van der Waals surface area contributed by atoms with Crippen LogP contribution in [0.15, 0.2) is 21.1 Å². The summed E-state index contributed by atoms with van der Waals surface area (Å²) in [5.41, 5.74) is -0.228. The maximum Gasteiger partial charge on any atom is 0.417 e. The third-order valence-corrected chi connectivity index (χ3v) is 3.11. The lowest BCUT2D eigenvalue weighted by molar-refractivity contribution is -0.138. The van der Waals surface area contributed by atoms with Crippen LogP contribution in [0.25, 0.3) is 0 Å². The number of hydrogen-bond donors (Lipinski definition) is 0. The summed E-state index contributed by atoms with van der Waals surface area (Å²) in [5, 5.41) is 8.46. The van der Waals surface area contributed by atoms with Crippen molar-refractivity contribution in [2.24, 2.45) is 0 Å². The molecular weight excluding hydrogens is 339 g/mol. The summed E-state index contributed by atoms with van der Waals surface area (Å²) in [6, 6.07) is 4.15. The van der Waals surface area contributed by atoms with Crippen LogP contribution in [0.4, 0.5) is 13.2 Å². The predicted molar refractivity (Wildman–Crippen MR) is 56.2 cm³/mol. The molecule has 0 saturated carbocycles. The van der Waals surface area contributed by atoms with Gasteiger partial charge in [-0.25, -0.2) is 0 Å². The second-order valence-corrected chi connectivity index (χ2v) is 4.46. The molecule has 0 saturated heterocycles. The zero-order valence-corrected chi connectivity index (χ0v) is 10.4. The van der Waals surface area contributed by atoms with Gasteiger partial charge >= 0.3 is 6.18 Å². The van der Waals surface area contributed by atoms with Gasteiger partial charge in [-0.05, 0) is 17.7 Å². The summed E-state index contributed by atoms with van der Waals surface area (Å²) < 4.78 is 37.5. The molecule has 0 aliphatic heterocycles. The topological polar surface area (TPSA) is 23.8 Å². The number of benzene rings is 1. The molecule has 0 heterocycles. The van der Waals surface area contributed by atoms with E-state index in [4.69, 9.17) is 5.26 Å². The summed E-state index contributed by atoms with van der Waals surface area (Å²) in [7, 11) is 0. The molecule has 0 spiro atoms. The minimum atomic E-state index is -4.40. The van der Waals surface area contributed by atoms with Crippen molar-refractivity contribution in [2.45, 2.75) is 12.6 Å². The molecule has 80 valence electrons. The first-order valence-corrected chi connectivity index (χ1v) is 5.37. The van der Waals surface area contributed by atoms with Gasteiger partial charge in [-0.3, -0.25) is 0 Å². The van der Waals surface area contributed by atoms with Crippen LogP contribution in [0.3, 0.4) is 0 Å². The molecule has 0 unspecified atom stereocenters. The van der Waals surface area contributed by atoms with Crippen LogP contribution >= 0.6 is 31.9 Å². The van der Waals surface area contributed by atoms with Crippen molar-refractivity contribution in [2.75, 3.05) is 0 Å². The van der Waals surface area contributed by atoms with Gasteiger partial charge in [0.05, 0.1) is 18.1 Å². The van der Waals surface area contributed by atoms with Gasteiger partial charge in [0.1, 0.15) is 0 Å². The molecule has 1 aromatic carbocycles. The fraction of sp³-hybridized carbons (Fsp3) is 0.222. The smallest absolute Gasteiger partial charge is 0.198 e. The van der Waals surface area contributed by atoms with Crippen LogP contribution in [-0.4, -0.2) is 0 Å². The summed E-state index contributed by atoms with van der Waals surface area (Å²) in [6.45, 7) is 0. The number of hydrogen-bond acceptors (Lipinski definition) is 1. The van der Waals surface area contributed by atoms with Crippen molar-refractivity contribution in [3.8, 4) is 6.07 Å². The quantitative estimate of drug-likeness (QED) is 0.746. The predicted octanol–water partition coefficient (Wildman–Crippen LogP) is 4.30. The minimum absolute atomic E-state index is 0.0524. The molecule has 0 radical (unpaired) electrons. The molecule has 0 fully saturated rings. The van der Waals surface area contributed by atoms with Crippen molar-refractivity contribution in [3.05, 3.63) is 32.2 Å². The van der Waals surface area contributed by atoms with Crippen LogP contribution < -0.4 is 0 Å². The molecule has 0 bridgehead atoms. The first-order chi connectivity index (χ1) is 6.86. The first kappa shape index (κ1) is 12.5. The Morgan fingerprint density at radius 2 is 1.80 bits per heavy atom. The summed E-state index contributed by atoms with van der Waals surface area (Å²) in [4.78, 5) is 0. The average Bonchev–Trinajstić information content (AvgIpc) is 2.09. The van der Waals surface area contributed by atoms with Gasteiger partial charge in [-0.2, -0.15) is 18.4 Å². The third kappa shape index (κ3) is 2.95. The molecular formula is C9H4Br2F3N. The largest absolute Gasteiger partial charge is 0.417 e. The fourth-order valence-electron chi connectivity index (χ4n) is 1.03. The minimum Gasteiger partial charge on any atom is -0.198 e.